The third-order valence-electron chi connectivity index (χ3n) is 10.6. The molecule has 10 atom stereocenters. The molecule has 0 spiro atoms. The number of carbonyl (C=O) groups is 2. The summed E-state index contributed by atoms with van der Waals surface area (Å²) in [5.41, 5.74) is 4.55. The highest BCUT2D eigenvalue weighted by atomic mass is 31.3. The first-order chi connectivity index (χ1) is 33.2. The van der Waals surface area contributed by atoms with E-state index in [0.717, 1.165) is 49.3 Å². The van der Waals surface area contributed by atoms with Crippen LogP contribution in [0.5, 0.6) is 0 Å². The van der Waals surface area contributed by atoms with Gasteiger partial charge in [0, 0.05) is 19.0 Å². The number of aliphatic hydroxyl groups is 5. The van der Waals surface area contributed by atoms with Crippen molar-refractivity contribution in [2.45, 2.75) is 172 Å². The molecule has 1 fully saturated rings. The Morgan fingerprint density at radius 2 is 1.40 bits per heavy atom. The quantitative estimate of drug-likeness (QED) is 0.0126. The van der Waals surface area contributed by atoms with Crippen LogP contribution in [0.3, 0.4) is 0 Å². The fourth-order valence-corrected chi connectivity index (χ4v) is 8.89. The molecule has 0 saturated carbocycles. The van der Waals surface area contributed by atoms with Gasteiger partial charge < -0.3 is 55.3 Å². The summed E-state index contributed by atoms with van der Waals surface area (Å²) in [5.74, 6) is -0.950. The molecule has 1 aromatic heterocycles. The van der Waals surface area contributed by atoms with E-state index < -0.39 is 102 Å². The van der Waals surface area contributed by atoms with Crippen LogP contribution in [-0.2, 0) is 46.3 Å². The average molecular weight is 1030 g/mol. The van der Waals surface area contributed by atoms with Gasteiger partial charge in [-0.25, -0.2) is 13.9 Å². The minimum atomic E-state index is -5.50. The number of hydrogen-bond acceptors (Lipinski definition) is 18. The van der Waals surface area contributed by atoms with Gasteiger partial charge in [-0.2, -0.15) is 9.29 Å². The van der Waals surface area contributed by atoms with Gasteiger partial charge in [0.15, 0.2) is 12.3 Å². The van der Waals surface area contributed by atoms with Gasteiger partial charge >= 0.3 is 33.3 Å². The number of phosphoric acid groups is 2. The monoisotopic (exact) mass is 1030 g/mol. The van der Waals surface area contributed by atoms with Gasteiger partial charge in [0.25, 0.3) is 0 Å². The lowest BCUT2D eigenvalue weighted by atomic mass is 10.0. The Labute approximate surface area is 410 Å². The molecule has 0 amide bonds. The number of nitrogens with zero attached hydrogens (tertiary/aromatic N) is 2. The number of hydrogen-bond donors (Lipinski definition) is 8. The molecule has 1 aliphatic heterocycles. The van der Waals surface area contributed by atoms with E-state index in [-0.39, 0.29) is 31.5 Å². The van der Waals surface area contributed by atoms with Gasteiger partial charge in [-0.1, -0.05) is 139 Å². The number of phosphoric ester groups is 2. The normalized spacial score (nSPS) is 21.2. The number of carbonyl (C=O) groups excluding carboxylic acids is 2. The van der Waals surface area contributed by atoms with E-state index in [1.807, 2.05) is 19.1 Å². The minimum Gasteiger partial charge on any atom is -0.462 e. The molecule has 2 unspecified atom stereocenters. The summed E-state index contributed by atoms with van der Waals surface area (Å²) >= 11 is 0. The van der Waals surface area contributed by atoms with Crippen LogP contribution in [0.15, 0.2) is 77.8 Å². The molecule has 70 heavy (non-hydrogen) atoms. The van der Waals surface area contributed by atoms with Crippen LogP contribution in [0.2, 0.25) is 0 Å². The number of unbranched alkanes of at least 4 members (excludes halogenated alkanes) is 8. The molecule has 0 aromatic carbocycles. The van der Waals surface area contributed by atoms with Crippen LogP contribution in [0, 0.1) is 5.92 Å². The molecular weight excluding hydrogens is 956 g/mol. The number of rotatable bonds is 37. The third kappa shape index (κ3) is 27.8. The molecule has 1 saturated heterocycles. The highest BCUT2D eigenvalue weighted by molar-refractivity contribution is 7.61. The molecule has 1 aromatic rings. The summed E-state index contributed by atoms with van der Waals surface area (Å²) in [6.07, 6.45) is 18.5. The summed E-state index contributed by atoms with van der Waals surface area (Å²) in [4.78, 5) is 61.8. The lowest BCUT2D eigenvalue weighted by Gasteiger charge is -2.21. The Morgan fingerprint density at radius 3 is 2.04 bits per heavy atom. The predicted molar refractivity (Wildman–Crippen MR) is 260 cm³/mol. The summed E-state index contributed by atoms with van der Waals surface area (Å²) in [6.45, 7) is 3.84. The molecule has 23 heteroatoms. The zero-order valence-electron chi connectivity index (χ0n) is 40.5. The number of nitrogens with two attached hydrogens (primary N) is 1. The van der Waals surface area contributed by atoms with Gasteiger partial charge in [-0.3, -0.25) is 23.2 Å². The topological polar surface area (TPSA) is 326 Å². The first kappa shape index (κ1) is 62.5. The first-order valence-corrected chi connectivity index (χ1v) is 27.0. The second-order valence-electron chi connectivity index (χ2n) is 17.3. The van der Waals surface area contributed by atoms with E-state index in [1.165, 1.54) is 43.9 Å². The second kappa shape index (κ2) is 34.7. The predicted octanol–water partition coefficient (Wildman–Crippen LogP) is 5.93. The van der Waals surface area contributed by atoms with Crippen molar-refractivity contribution in [2.75, 3.05) is 25.6 Å². The van der Waals surface area contributed by atoms with E-state index in [2.05, 4.69) is 23.1 Å². The van der Waals surface area contributed by atoms with Crippen LogP contribution < -0.4 is 11.4 Å². The Morgan fingerprint density at radius 1 is 0.800 bits per heavy atom. The van der Waals surface area contributed by atoms with E-state index in [4.69, 9.17) is 29.0 Å². The van der Waals surface area contributed by atoms with Crippen molar-refractivity contribution in [3.63, 3.8) is 0 Å². The Bertz CT molecular complexity index is 1980. The Hall–Kier alpha value is -3.66. The lowest BCUT2D eigenvalue weighted by molar-refractivity contribution is -0.161. The minimum absolute atomic E-state index is 0.00598. The molecule has 1 aliphatic rings. The number of esters is 2. The molecule has 2 heterocycles. The molecule has 9 N–H and O–H groups in total. The number of nitrogen functional groups attached to an aromatic ring is 1. The van der Waals surface area contributed by atoms with Crippen LogP contribution in [0.25, 0.3) is 0 Å². The van der Waals surface area contributed by atoms with Crippen molar-refractivity contribution >= 4 is 33.4 Å². The van der Waals surface area contributed by atoms with Gasteiger partial charge in [-0.05, 0) is 44.1 Å². The molecule has 2 rings (SSSR count). The largest absolute Gasteiger partial charge is 0.481 e. The van der Waals surface area contributed by atoms with Crippen molar-refractivity contribution < 1.29 is 81.6 Å². The number of ether oxygens (including phenoxy) is 3. The zero-order chi connectivity index (χ0) is 52.0. The maximum absolute atomic E-state index is 12.8. The smallest absolute Gasteiger partial charge is 0.462 e. The average Bonchev–Trinajstić information content (AvgIpc) is 3.57. The first-order valence-electron chi connectivity index (χ1n) is 24.0. The molecule has 0 radical (unpaired) electrons. The number of anilines is 1. The highest BCUT2D eigenvalue weighted by Crippen LogP contribution is 2.60. The standard InChI is InChI=1S/C47H77N3O18P2/c1-4-5-17-24-36(51)25-19-14-11-12-15-20-26-38(52)39(53)27-22-29-42(54)63-32-37(66-43(55)28-21-16-10-8-6-7-9-13-18-23-35(2)3)33-64-69(59,60)68-70(61,62)65-34-40-44(56)45(57)46(67-40)50-31-30-41(48)49-47(50)58/h5,11-12,14-15,17,19-20,25-26,30-31,35-40,44-46,51-53,56-57H,4,6-10,13,16,18,21-24,27-29,32-34H2,1-3H3,(H,59,60)(H,61,62)(H2,48,49,58)/b14-11+,15-12-,17-5-,25-19+,26-20-/t36-,37-,38+,39+,40-,44-,45-,46-/m1/s1. The highest BCUT2D eigenvalue weighted by Gasteiger charge is 2.46. The van der Waals surface area contributed by atoms with Crippen molar-refractivity contribution in [3.05, 3.63) is 83.5 Å². The van der Waals surface area contributed by atoms with E-state index in [0.29, 0.717) is 18.8 Å². The summed E-state index contributed by atoms with van der Waals surface area (Å²) < 4.78 is 56.4. The van der Waals surface area contributed by atoms with Gasteiger partial charge in [-0.15, -0.1) is 0 Å². The molecule has 0 bridgehead atoms. The number of allylic oxidation sites excluding steroid dienone is 7. The van der Waals surface area contributed by atoms with Gasteiger partial charge in [0.1, 0.15) is 30.7 Å². The van der Waals surface area contributed by atoms with Gasteiger partial charge in [0.05, 0.1) is 31.5 Å². The fraction of sp³-hybridized carbons (Fsp3) is 0.660. The lowest BCUT2D eigenvalue weighted by Crippen LogP contribution is -2.36. The number of aliphatic hydroxyl groups excluding tert-OH is 5. The maximum Gasteiger partial charge on any atom is 0.481 e. The van der Waals surface area contributed by atoms with Crippen LogP contribution in [0.1, 0.15) is 130 Å². The Balaban J connectivity index is 1.90. The third-order valence-corrected chi connectivity index (χ3v) is 13.2. The Kier molecular flexibility index (Phi) is 30.9. The molecule has 0 aliphatic carbocycles. The van der Waals surface area contributed by atoms with Crippen molar-refractivity contribution in [1.29, 1.82) is 0 Å². The van der Waals surface area contributed by atoms with Gasteiger partial charge in [0.2, 0.25) is 0 Å². The van der Waals surface area contributed by atoms with Crippen LogP contribution >= 0.6 is 15.6 Å². The molecule has 398 valence electrons. The van der Waals surface area contributed by atoms with E-state index in [1.54, 1.807) is 36.5 Å². The van der Waals surface area contributed by atoms with Crippen LogP contribution in [0.4, 0.5) is 5.82 Å². The van der Waals surface area contributed by atoms with E-state index >= 15 is 0 Å². The maximum atomic E-state index is 12.8. The second-order valence-corrected chi connectivity index (χ2v) is 20.3. The summed E-state index contributed by atoms with van der Waals surface area (Å²) in [6, 6.07) is 1.22. The van der Waals surface area contributed by atoms with Crippen molar-refractivity contribution in [1.82, 2.24) is 9.55 Å². The SMILES string of the molecule is CC/C=C\C[C@@H](O)/C=C/C=C/C=C\C=C/[C@H](O)[C@@H](O)CCCC(=O)OC[C@H](COP(=O)(O)OP(=O)(O)OC[C@H]1O[C@@H](n2ccc(N)nc2=O)[C@H](O)[C@@H]1O)OC(=O)CCCCCCCCCCCC(C)C. The summed E-state index contributed by atoms with van der Waals surface area (Å²) in [5, 5.41) is 51.4. The fourth-order valence-electron chi connectivity index (χ4n) is 6.78. The summed E-state index contributed by atoms with van der Waals surface area (Å²) in [7, 11) is -11.0. The zero-order valence-corrected chi connectivity index (χ0v) is 42.3. The van der Waals surface area contributed by atoms with Crippen molar-refractivity contribution in [3.8, 4) is 0 Å². The van der Waals surface area contributed by atoms with Crippen LogP contribution in [-0.4, -0.2) is 119 Å². The van der Waals surface area contributed by atoms with E-state index in [9.17, 15) is 58.8 Å². The van der Waals surface area contributed by atoms with Crippen molar-refractivity contribution in [2.24, 2.45) is 5.92 Å². The molecular formula is C47H77N3O18P2. The molecule has 21 nitrogen and oxygen atoms in total. The number of aromatic nitrogens is 2.